The van der Waals surface area contributed by atoms with Crippen molar-refractivity contribution in [3.63, 3.8) is 0 Å². The van der Waals surface area contributed by atoms with Crippen LogP contribution in [0.4, 0.5) is 0 Å². The second kappa shape index (κ2) is 3.78. The van der Waals surface area contributed by atoms with Crippen LogP contribution in [0.25, 0.3) is 0 Å². The van der Waals surface area contributed by atoms with E-state index < -0.39 is 0 Å². The lowest BCUT2D eigenvalue weighted by molar-refractivity contribution is 0.402. The van der Waals surface area contributed by atoms with E-state index in [1.165, 1.54) is 0 Å². The number of nitrogens with zero attached hydrogens (tertiary/aromatic N) is 1. The van der Waals surface area contributed by atoms with Gasteiger partial charge in [0.25, 0.3) is 0 Å². The Morgan fingerprint density at radius 1 is 1.42 bits per heavy atom. The highest BCUT2D eigenvalue weighted by atomic mass is 35.5. The van der Waals surface area contributed by atoms with Crippen LogP contribution in [0.5, 0.6) is 5.75 Å². The van der Waals surface area contributed by atoms with Crippen molar-refractivity contribution in [2.75, 3.05) is 14.1 Å². The van der Waals surface area contributed by atoms with Gasteiger partial charge in [-0.05, 0) is 31.8 Å². The summed E-state index contributed by atoms with van der Waals surface area (Å²) >= 11 is 5.73. The monoisotopic (exact) mass is 185 g/mol. The number of rotatable bonds is 2. The van der Waals surface area contributed by atoms with Gasteiger partial charge in [0.1, 0.15) is 5.75 Å². The number of halogens is 1. The Morgan fingerprint density at radius 2 is 2.08 bits per heavy atom. The first-order valence-electron chi connectivity index (χ1n) is 3.71. The molecule has 66 valence electrons. The molecule has 0 aliphatic carbocycles. The van der Waals surface area contributed by atoms with Gasteiger partial charge in [0.2, 0.25) is 0 Å². The second-order valence-electron chi connectivity index (χ2n) is 3.02. The minimum atomic E-state index is 0.138. The minimum Gasteiger partial charge on any atom is -0.506 e. The summed E-state index contributed by atoms with van der Waals surface area (Å²) in [5.41, 5.74) is 1.10. The van der Waals surface area contributed by atoms with Gasteiger partial charge in [-0.15, -0.1) is 0 Å². The van der Waals surface area contributed by atoms with E-state index in [-0.39, 0.29) is 5.75 Å². The largest absolute Gasteiger partial charge is 0.506 e. The van der Waals surface area contributed by atoms with Gasteiger partial charge in [0.15, 0.2) is 0 Å². The number of benzene rings is 1. The maximum absolute atomic E-state index is 9.13. The highest BCUT2D eigenvalue weighted by molar-refractivity contribution is 6.32. The third-order valence-corrected chi connectivity index (χ3v) is 1.81. The van der Waals surface area contributed by atoms with Crippen molar-refractivity contribution in [2.24, 2.45) is 0 Å². The average molecular weight is 186 g/mol. The number of phenolic OH excluding ortho intramolecular Hbond substituents is 1. The molecule has 0 aliphatic heterocycles. The van der Waals surface area contributed by atoms with Crippen LogP contribution in [0.3, 0.4) is 0 Å². The molecule has 1 rings (SSSR count). The molecule has 0 aliphatic rings. The van der Waals surface area contributed by atoms with Gasteiger partial charge in [0, 0.05) is 6.54 Å². The minimum absolute atomic E-state index is 0.138. The summed E-state index contributed by atoms with van der Waals surface area (Å²) < 4.78 is 0. The Balaban J connectivity index is 2.82. The fourth-order valence-electron chi connectivity index (χ4n) is 1.01. The Kier molecular flexibility index (Phi) is 2.95. The van der Waals surface area contributed by atoms with Crippen molar-refractivity contribution in [1.29, 1.82) is 0 Å². The molecule has 0 spiro atoms. The van der Waals surface area contributed by atoms with Crippen LogP contribution in [0.2, 0.25) is 5.02 Å². The Morgan fingerprint density at radius 3 is 2.58 bits per heavy atom. The molecule has 0 atom stereocenters. The molecule has 1 N–H and O–H groups in total. The quantitative estimate of drug-likeness (QED) is 0.763. The molecule has 0 unspecified atom stereocenters. The fourth-order valence-corrected chi connectivity index (χ4v) is 1.22. The predicted molar refractivity (Wildman–Crippen MR) is 50.5 cm³/mol. The lowest BCUT2D eigenvalue weighted by Gasteiger charge is -2.09. The van der Waals surface area contributed by atoms with Crippen LogP contribution in [0.15, 0.2) is 18.2 Å². The molecule has 1 aromatic carbocycles. The topological polar surface area (TPSA) is 23.5 Å². The number of hydrogen-bond donors (Lipinski definition) is 1. The van der Waals surface area contributed by atoms with E-state index in [9.17, 15) is 0 Å². The van der Waals surface area contributed by atoms with E-state index >= 15 is 0 Å². The number of aromatic hydroxyl groups is 1. The molecular weight excluding hydrogens is 174 g/mol. The van der Waals surface area contributed by atoms with Crippen molar-refractivity contribution in [3.8, 4) is 5.75 Å². The van der Waals surface area contributed by atoms with Crippen molar-refractivity contribution in [3.05, 3.63) is 28.8 Å². The summed E-state index contributed by atoms with van der Waals surface area (Å²) in [5, 5.41) is 9.54. The Bertz CT molecular complexity index is 273. The summed E-state index contributed by atoms with van der Waals surface area (Å²) in [4.78, 5) is 2.04. The Hall–Kier alpha value is -0.730. The average Bonchev–Trinajstić information content (AvgIpc) is 1.96. The van der Waals surface area contributed by atoms with Crippen molar-refractivity contribution in [1.82, 2.24) is 4.90 Å². The van der Waals surface area contributed by atoms with E-state index in [4.69, 9.17) is 16.7 Å². The maximum Gasteiger partial charge on any atom is 0.134 e. The molecule has 0 aromatic heterocycles. The second-order valence-corrected chi connectivity index (χ2v) is 3.43. The summed E-state index contributed by atoms with van der Waals surface area (Å²) in [6, 6.07) is 5.25. The molecule has 0 saturated carbocycles. The lowest BCUT2D eigenvalue weighted by Crippen LogP contribution is -2.10. The molecule has 0 amide bonds. The van der Waals surface area contributed by atoms with Gasteiger partial charge in [-0.3, -0.25) is 0 Å². The maximum atomic E-state index is 9.13. The van der Waals surface area contributed by atoms with E-state index in [0.29, 0.717) is 5.02 Å². The molecule has 1 aromatic rings. The number of hydrogen-bond acceptors (Lipinski definition) is 2. The van der Waals surface area contributed by atoms with E-state index in [0.717, 1.165) is 12.1 Å². The Labute approximate surface area is 77.4 Å². The molecule has 0 fully saturated rings. The highest BCUT2D eigenvalue weighted by Gasteiger charge is 2.00. The first-order valence-corrected chi connectivity index (χ1v) is 4.09. The first kappa shape index (κ1) is 9.36. The van der Waals surface area contributed by atoms with E-state index in [1.807, 2.05) is 25.1 Å². The molecular formula is C9H12ClNO. The SMILES string of the molecule is CN(C)Cc1ccc(O)c(Cl)c1. The third kappa shape index (κ3) is 2.40. The normalized spacial score (nSPS) is 10.7. The van der Waals surface area contributed by atoms with Gasteiger partial charge < -0.3 is 10.0 Å². The van der Waals surface area contributed by atoms with Crippen LogP contribution < -0.4 is 0 Å². The van der Waals surface area contributed by atoms with Gasteiger partial charge in [-0.2, -0.15) is 0 Å². The van der Waals surface area contributed by atoms with Crippen LogP contribution in [0, 0.1) is 0 Å². The third-order valence-electron chi connectivity index (χ3n) is 1.51. The van der Waals surface area contributed by atoms with E-state index in [2.05, 4.69) is 0 Å². The molecule has 0 radical (unpaired) electrons. The van der Waals surface area contributed by atoms with Crippen molar-refractivity contribution in [2.45, 2.75) is 6.54 Å². The smallest absolute Gasteiger partial charge is 0.134 e. The molecule has 2 nitrogen and oxygen atoms in total. The highest BCUT2D eigenvalue weighted by Crippen LogP contribution is 2.23. The zero-order chi connectivity index (χ0) is 9.14. The molecule has 12 heavy (non-hydrogen) atoms. The molecule has 0 bridgehead atoms. The van der Waals surface area contributed by atoms with Gasteiger partial charge in [-0.25, -0.2) is 0 Å². The molecule has 0 heterocycles. The van der Waals surface area contributed by atoms with Crippen LogP contribution in [0.1, 0.15) is 5.56 Å². The summed E-state index contributed by atoms with van der Waals surface area (Å²) in [7, 11) is 3.97. The summed E-state index contributed by atoms with van der Waals surface area (Å²) in [5.74, 6) is 0.138. The lowest BCUT2D eigenvalue weighted by atomic mass is 10.2. The summed E-state index contributed by atoms with van der Waals surface area (Å²) in [6.07, 6.45) is 0. The van der Waals surface area contributed by atoms with Crippen molar-refractivity contribution < 1.29 is 5.11 Å². The van der Waals surface area contributed by atoms with Crippen LogP contribution in [-0.2, 0) is 6.54 Å². The number of phenols is 1. The molecule has 0 saturated heterocycles. The van der Waals surface area contributed by atoms with Crippen molar-refractivity contribution >= 4 is 11.6 Å². The van der Waals surface area contributed by atoms with Crippen LogP contribution in [-0.4, -0.2) is 24.1 Å². The summed E-state index contributed by atoms with van der Waals surface area (Å²) in [6.45, 7) is 0.833. The fraction of sp³-hybridized carbons (Fsp3) is 0.333. The van der Waals surface area contributed by atoms with Gasteiger partial charge in [0.05, 0.1) is 5.02 Å². The zero-order valence-electron chi connectivity index (χ0n) is 7.21. The van der Waals surface area contributed by atoms with Gasteiger partial charge in [-0.1, -0.05) is 17.7 Å². The van der Waals surface area contributed by atoms with Gasteiger partial charge >= 0.3 is 0 Å². The standard InChI is InChI=1S/C9H12ClNO/c1-11(2)6-7-3-4-9(12)8(10)5-7/h3-5,12H,6H2,1-2H3. The predicted octanol–water partition coefficient (Wildman–Crippen LogP) is 2.11. The van der Waals surface area contributed by atoms with Crippen LogP contribution >= 0.6 is 11.6 Å². The zero-order valence-corrected chi connectivity index (χ0v) is 7.97. The van der Waals surface area contributed by atoms with E-state index in [1.54, 1.807) is 12.1 Å². The first-order chi connectivity index (χ1) is 5.59. The molecule has 3 heteroatoms.